The van der Waals surface area contributed by atoms with Crippen LogP contribution >= 0.6 is 0 Å². The van der Waals surface area contributed by atoms with Crippen LogP contribution in [0.15, 0.2) is 52.9 Å². The Morgan fingerprint density at radius 3 is 1.91 bits per heavy atom. The van der Waals surface area contributed by atoms with Crippen molar-refractivity contribution in [3.05, 3.63) is 54.4 Å². The first-order valence-corrected chi connectivity index (χ1v) is 7.39. The molecule has 118 valence electrons. The molecule has 4 N–H and O–H groups in total. The Hall–Kier alpha value is -2.79. The van der Waals surface area contributed by atoms with Crippen molar-refractivity contribution < 1.29 is 4.42 Å². The molecule has 1 heterocycles. The summed E-state index contributed by atoms with van der Waals surface area (Å²) in [6, 6.07) is 15.2. The van der Waals surface area contributed by atoms with E-state index in [4.69, 9.17) is 15.9 Å². The van der Waals surface area contributed by atoms with Gasteiger partial charge in [-0.2, -0.15) is 0 Å². The van der Waals surface area contributed by atoms with Crippen molar-refractivity contribution in [1.29, 1.82) is 0 Å². The van der Waals surface area contributed by atoms with Crippen LogP contribution in [0, 0.1) is 0 Å². The molecule has 0 spiro atoms. The summed E-state index contributed by atoms with van der Waals surface area (Å²) < 4.78 is 6.01. The predicted octanol–water partition coefficient (Wildman–Crippen LogP) is 3.23. The Labute approximate surface area is 135 Å². The van der Waals surface area contributed by atoms with Crippen LogP contribution in [0.4, 0.5) is 11.4 Å². The SMILES string of the molecule is CN(C)Cc1nc(-c2ccc(N)cc2)c(-c2ccc(N)cc2)o1. The summed E-state index contributed by atoms with van der Waals surface area (Å²) in [7, 11) is 3.96. The van der Waals surface area contributed by atoms with E-state index in [1.54, 1.807) is 0 Å². The summed E-state index contributed by atoms with van der Waals surface area (Å²) >= 11 is 0. The van der Waals surface area contributed by atoms with Gasteiger partial charge in [0, 0.05) is 22.5 Å². The Morgan fingerprint density at radius 1 is 0.870 bits per heavy atom. The van der Waals surface area contributed by atoms with E-state index in [0.29, 0.717) is 12.4 Å². The second kappa shape index (κ2) is 6.14. The second-order valence-electron chi connectivity index (χ2n) is 5.77. The molecule has 0 radical (unpaired) electrons. The van der Waals surface area contributed by atoms with Gasteiger partial charge in [-0.25, -0.2) is 4.98 Å². The highest BCUT2D eigenvalue weighted by molar-refractivity contribution is 5.78. The number of hydrogen-bond donors (Lipinski definition) is 2. The minimum atomic E-state index is 0.636. The van der Waals surface area contributed by atoms with E-state index < -0.39 is 0 Å². The summed E-state index contributed by atoms with van der Waals surface area (Å²) in [6.45, 7) is 0.636. The molecule has 0 aliphatic heterocycles. The molecule has 0 atom stereocenters. The van der Waals surface area contributed by atoms with Crippen molar-refractivity contribution in [2.45, 2.75) is 6.54 Å². The zero-order chi connectivity index (χ0) is 16.4. The van der Waals surface area contributed by atoms with E-state index in [-0.39, 0.29) is 0 Å². The van der Waals surface area contributed by atoms with Crippen LogP contribution in [0.3, 0.4) is 0 Å². The van der Waals surface area contributed by atoms with Crippen LogP contribution in [-0.4, -0.2) is 24.0 Å². The predicted molar refractivity (Wildman–Crippen MR) is 93.6 cm³/mol. The van der Waals surface area contributed by atoms with E-state index in [9.17, 15) is 0 Å². The lowest BCUT2D eigenvalue weighted by molar-refractivity contribution is 0.344. The van der Waals surface area contributed by atoms with Crippen LogP contribution in [-0.2, 0) is 6.54 Å². The minimum absolute atomic E-state index is 0.636. The van der Waals surface area contributed by atoms with Gasteiger partial charge in [0.05, 0.1) is 6.54 Å². The molecule has 2 aromatic carbocycles. The van der Waals surface area contributed by atoms with Gasteiger partial charge in [0.1, 0.15) is 5.69 Å². The number of nitrogens with zero attached hydrogens (tertiary/aromatic N) is 2. The molecule has 3 rings (SSSR count). The summed E-state index contributed by atoms with van der Waals surface area (Å²) in [5.41, 5.74) is 15.7. The van der Waals surface area contributed by atoms with Gasteiger partial charge in [0.2, 0.25) is 5.89 Å². The molecule has 0 amide bonds. The highest BCUT2D eigenvalue weighted by Crippen LogP contribution is 2.33. The molecule has 5 nitrogen and oxygen atoms in total. The Balaban J connectivity index is 2.10. The highest BCUT2D eigenvalue weighted by atomic mass is 16.4. The van der Waals surface area contributed by atoms with E-state index >= 15 is 0 Å². The molecule has 23 heavy (non-hydrogen) atoms. The molecule has 0 aliphatic carbocycles. The van der Waals surface area contributed by atoms with Crippen molar-refractivity contribution in [3.8, 4) is 22.6 Å². The molecule has 5 heteroatoms. The first-order valence-electron chi connectivity index (χ1n) is 7.39. The van der Waals surface area contributed by atoms with E-state index in [1.807, 2.05) is 67.5 Å². The minimum Gasteiger partial charge on any atom is -0.439 e. The summed E-state index contributed by atoms with van der Waals surface area (Å²) in [5.74, 6) is 1.42. The third-order valence-electron chi connectivity index (χ3n) is 3.48. The fraction of sp³-hybridized carbons (Fsp3) is 0.167. The normalized spacial score (nSPS) is 11.1. The summed E-state index contributed by atoms with van der Waals surface area (Å²) in [6.07, 6.45) is 0. The molecule has 3 aromatic rings. The number of anilines is 2. The number of rotatable bonds is 4. The lowest BCUT2D eigenvalue weighted by atomic mass is 10.1. The maximum absolute atomic E-state index is 6.01. The van der Waals surface area contributed by atoms with Gasteiger partial charge >= 0.3 is 0 Å². The Kier molecular flexibility index (Phi) is 4.04. The number of hydrogen-bond acceptors (Lipinski definition) is 5. The third-order valence-corrected chi connectivity index (χ3v) is 3.48. The Bertz CT molecular complexity index is 726. The van der Waals surface area contributed by atoms with Crippen molar-refractivity contribution >= 4 is 11.4 Å². The molecule has 0 saturated heterocycles. The van der Waals surface area contributed by atoms with Crippen LogP contribution in [0.25, 0.3) is 22.6 Å². The summed E-state index contributed by atoms with van der Waals surface area (Å²) in [5, 5.41) is 0. The lowest BCUT2D eigenvalue weighted by Gasteiger charge is -2.04. The fourth-order valence-corrected chi connectivity index (χ4v) is 2.37. The molecular weight excluding hydrogens is 288 g/mol. The third kappa shape index (κ3) is 3.35. The Morgan fingerprint density at radius 2 is 1.39 bits per heavy atom. The number of nitrogen functional groups attached to an aromatic ring is 2. The number of oxazole rings is 1. The van der Waals surface area contributed by atoms with Gasteiger partial charge in [-0.3, -0.25) is 0 Å². The summed E-state index contributed by atoms with van der Waals surface area (Å²) in [4.78, 5) is 6.69. The van der Waals surface area contributed by atoms with Crippen LogP contribution < -0.4 is 11.5 Å². The van der Waals surface area contributed by atoms with Gasteiger partial charge in [-0.1, -0.05) is 12.1 Å². The van der Waals surface area contributed by atoms with E-state index in [1.165, 1.54) is 0 Å². The molecule has 0 saturated carbocycles. The van der Waals surface area contributed by atoms with Gasteiger partial charge in [0.15, 0.2) is 5.76 Å². The van der Waals surface area contributed by atoms with Crippen LogP contribution in [0.1, 0.15) is 5.89 Å². The van der Waals surface area contributed by atoms with Gasteiger partial charge in [-0.05, 0) is 50.5 Å². The second-order valence-corrected chi connectivity index (χ2v) is 5.77. The molecule has 0 unspecified atom stereocenters. The van der Waals surface area contributed by atoms with Gasteiger partial charge in [0.25, 0.3) is 0 Å². The number of nitrogens with two attached hydrogens (primary N) is 2. The zero-order valence-corrected chi connectivity index (χ0v) is 13.3. The first-order chi connectivity index (χ1) is 11.0. The average Bonchev–Trinajstić information content (AvgIpc) is 2.91. The number of aromatic nitrogens is 1. The van der Waals surface area contributed by atoms with Crippen molar-refractivity contribution in [2.75, 3.05) is 25.6 Å². The van der Waals surface area contributed by atoms with Crippen molar-refractivity contribution in [2.24, 2.45) is 0 Å². The maximum Gasteiger partial charge on any atom is 0.209 e. The quantitative estimate of drug-likeness (QED) is 0.723. The van der Waals surface area contributed by atoms with Crippen LogP contribution in [0.5, 0.6) is 0 Å². The number of benzene rings is 2. The molecular formula is C18H20N4O. The lowest BCUT2D eigenvalue weighted by Crippen LogP contribution is -2.10. The maximum atomic E-state index is 6.01. The smallest absolute Gasteiger partial charge is 0.209 e. The topological polar surface area (TPSA) is 81.3 Å². The molecule has 0 fully saturated rings. The standard InChI is InChI=1S/C18H20N4O/c1-22(2)11-16-21-17(12-3-7-14(19)8-4-12)18(23-16)13-5-9-15(20)10-6-13/h3-10H,11,19-20H2,1-2H3. The monoisotopic (exact) mass is 308 g/mol. The molecule has 0 bridgehead atoms. The highest BCUT2D eigenvalue weighted by Gasteiger charge is 2.17. The zero-order valence-electron chi connectivity index (χ0n) is 13.3. The first kappa shape index (κ1) is 15.1. The van der Waals surface area contributed by atoms with Gasteiger partial charge in [-0.15, -0.1) is 0 Å². The van der Waals surface area contributed by atoms with E-state index in [0.717, 1.165) is 34.0 Å². The van der Waals surface area contributed by atoms with Crippen LogP contribution in [0.2, 0.25) is 0 Å². The van der Waals surface area contributed by atoms with Crippen molar-refractivity contribution in [1.82, 2.24) is 9.88 Å². The molecule has 1 aromatic heterocycles. The largest absolute Gasteiger partial charge is 0.439 e. The molecule has 0 aliphatic rings. The van der Waals surface area contributed by atoms with Gasteiger partial charge < -0.3 is 20.8 Å². The fourth-order valence-electron chi connectivity index (χ4n) is 2.37. The van der Waals surface area contributed by atoms with Crippen molar-refractivity contribution in [3.63, 3.8) is 0 Å². The van der Waals surface area contributed by atoms with E-state index in [2.05, 4.69) is 4.98 Å². The average molecular weight is 308 g/mol.